The van der Waals surface area contributed by atoms with Gasteiger partial charge in [-0.3, -0.25) is 4.79 Å². The largest absolute Gasteiger partial charge is 0.393 e. The lowest BCUT2D eigenvalue weighted by molar-refractivity contribution is -0.118. The Morgan fingerprint density at radius 2 is 1.23 bits per heavy atom. The van der Waals surface area contributed by atoms with Crippen molar-refractivity contribution < 1.29 is 19.7 Å². The van der Waals surface area contributed by atoms with Crippen LogP contribution in [-0.2, 0) is 9.53 Å². The molecule has 4 nitrogen and oxygen atoms in total. The van der Waals surface area contributed by atoms with Crippen molar-refractivity contribution in [3.63, 3.8) is 0 Å². The first-order valence-electron chi connectivity index (χ1n) is 16.2. The summed E-state index contributed by atoms with van der Waals surface area (Å²) >= 11 is 0. The molecule has 0 aromatic rings. The highest BCUT2D eigenvalue weighted by molar-refractivity contribution is 5.78. The van der Waals surface area contributed by atoms with Crippen molar-refractivity contribution >= 4 is 5.78 Å². The van der Waals surface area contributed by atoms with E-state index in [4.69, 9.17) is 9.84 Å². The van der Waals surface area contributed by atoms with E-state index >= 15 is 0 Å². The normalized spacial score (nSPS) is 16.4. The molecule has 0 spiro atoms. The summed E-state index contributed by atoms with van der Waals surface area (Å²) in [6.45, 7) is 24.3. The highest BCUT2D eigenvalue weighted by atomic mass is 16.6. The molecule has 0 amide bonds. The van der Waals surface area contributed by atoms with E-state index in [1.54, 1.807) is 24.3 Å². The zero-order chi connectivity index (χ0) is 34.1. The molecule has 0 bridgehead atoms. The van der Waals surface area contributed by atoms with Gasteiger partial charge in [0, 0.05) is 19.3 Å². The van der Waals surface area contributed by atoms with Crippen LogP contribution >= 0.6 is 0 Å². The SMILES string of the molecule is C=C/C=C/C=CCCC(=O)CC.C=C/C=C/C=CCCC(O)CC.C=C/C=C/CC.C=C/C=C/CC.CCC1CCC(O)O1. The number of ketones is 1. The van der Waals surface area contributed by atoms with Gasteiger partial charge in [0.1, 0.15) is 5.78 Å². The molecule has 0 radical (unpaired) electrons. The molecule has 0 aromatic heterocycles. The van der Waals surface area contributed by atoms with Crippen molar-refractivity contribution in [2.24, 2.45) is 0 Å². The molecule has 1 heterocycles. The van der Waals surface area contributed by atoms with E-state index in [9.17, 15) is 9.90 Å². The number of carbonyl (C=O) groups is 1. The number of carbonyl (C=O) groups excluding carboxylic acids is 1. The molecule has 2 N–H and O–H groups in total. The highest BCUT2D eigenvalue weighted by Gasteiger charge is 2.20. The smallest absolute Gasteiger partial charge is 0.154 e. The van der Waals surface area contributed by atoms with Gasteiger partial charge in [-0.1, -0.05) is 158 Å². The number of aliphatic hydroxyl groups excluding tert-OH is 2. The number of Topliss-reactive ketones (excluding diaryl/α,β-unsaturated/α-hetero) is 1. The molecule has 0 saturated carbocycles. The average Bonchev–Trinajstić information content (AvgIpc) is 3.48. The monoisotopic (exact) mass is 610 g/mol. The molecular formula is C40H66O4. The molecule has 1 saturated heterocycles. The van der Waals surface area contributed by atoms with Crippen LogP contribution in [0.3, 0.4) is 0 Å². The Morgan fingerprint density at radius 1 is 0.727 bits per heavy atom. The molecule has 0 aliphatic carbocycles. The second-order valence-electron chi connectivity index (χ2n) is 9.51. The maximum atomic E-state index is 10.8. The molecule has 1 aliphatic heterocycles. The van der Waals surface area contributed by atoms with Crippen LogP contribution in [0.4, 0.5) is 0 Å². The first-order valence-corrected chi connectivity index (χ1v) is 16.2. The van der Waals surface area contributed by atoms with E-state index in [1.165, 1.54) is 0 Å². The lowest BCUT2D eigenvalue weighted by atomic mass is 10.1. The minimum atomic E-state index is -0.472. The van der Waals surface area contributed by atoms with Crippen molar-refractivity contribution in [3.8, 4) is 0 Å². The van der Waals surface area contributed by atoms with Crippen molar-refractivity contribution in [2.45, 2.75) is 124 Å². The quantitative estimate of drug-likeness (QED) is 0.161. The third-order valence-electron chi connectivity index (χ3n) is 5.67. The van der Waals surface area contributed by atoms with Crippen LogP contribution < -0.4 is 0 Å². The summed E-state index contributed by atoms with van der Waals surface area (Å²) in [4.78, 5) is 10.8. The second kappa shape index (κ2) is 44.4. The van der Waals surface area contributed by atoms with Gasteiger partial charge in [-0.25, -0.2) is 0 Å². The molecule has 4 heteroatoms. The fourth-order valence-corrected chi connectivity index (χ4v) is 3.00. The van der Waals surface area contributed by atoms with Gasteiger partial charge in [0.2, 0.25) is 0 Å². The topological polar surface area (TPSA) is 66.8 Å². The van der Waals surface area contributed by atoms with E-state index in [2.05, 4.69) is 65.3 Å². The van der Waals surface area contributed by atoms with Gasteiger partial charge in [0.05, 0.1) is 12.2 Å². The summed E-state index contributed by atoms with van der Waals surface area (Å²) in [6.07, 6.45) is 40.2. The minimum absolute atomic E-state index is 0.141. The molecule has 3 unspecified atom stereocenters. The number of ether oxygens (including phenoxy) is 1. The van der Waals surface area contributed by atoms with Gasteiger partial charge in [-0.2, -0.15) is 0 Å². The Balaban J connectivity index is -0.000000235. The van der Waals surface area contributed by atoms with Crippen molar-refractivity contribution in [3.05, 3.63) is 124 Å². The van der Waals surface area contributed by atoms with Crippen LogP contribution in [0.5, 0.6) is 0 Å². The van der Waals surface area contributed by atoms with Gasteiger partial charge < -0.3 is 14.9 Å². The van der Waals surface area contributed by atoms with E-state index in [0.29, 0.717) is 24.7 Å². The molecule has 1 fully saturated rings. The van der Waals surface area contributed by atoms with Crippen molar-refractivity contribution in [1.82, 2.24) is 0 Å². The second-order valence-corrected chi connectivity index (χ2v) is 9.51. The third-order valence-corrected chi connectivity index (χ3v) is 5.67. The van der Waals surface area contributed by atoms with Crippen molar-refractivity contribution in [1.29, 1.82) is 0 Å². The average molecular weight is 611 g/mol. The van der Waals surface area contributed by atoms with Gasteiger partial charge in [0.15, 0.2) is 6.29 Å². The molecule has 1 rings (SSSR count). The molecular weight excluding hydrogens is 544 g/mol. The zero-order valence-corrected chi connectivity index (χ0v) is 28.8. The van der Waals surface area contributed by atoms with Gasteiger partial charge in [0.25, 0.3) is 0 Å². The third kappa shape index (κ3) is 48.7. The van der Waals surface area contributed by atoms with Crippen LogP contribution in [0.2, 0.25) is 0 Å². The fourth-order valence-electron chi connectivity index (χ4n) is 3.00. The van der Waals surface area contributed by atoms with Crippen LogP contribution in [0.1, 0.15) is 105 Å². The van der Waals surface area contributed by atoms with Crippen LogP contribution in [0.25, 0.3) is 0 Å². The summed E-state index contributed by atoms with van der Waals surface area (Å²) in [6, 6.07) is 0. The number of allylic oxidation sites excluding steroid dienone is 16. The van der Waals surface area contributed by atoms with Crippen LogP contribution in [-0.4, -0.2) is 34.5 Å². The maximum Gasteiger partial charge on any atom is 0.154 e. The van der Waals surface area contributed by atoms with Crippen molar-refractivity contribution in [2.75, 3.05) is 0 Å². The van der Waals surface area contributed by atoms with Crippen LogP contribution in [0, 0.1) is 0 Å². The maximum absolute atomic E-state index is 10.8. The predicted molar refractivity (Wildman–Crippen MR) is 197 cm³/mol. The Labute approximate surface area is 272 Å². The Bertz CT molecular complexity index is 808. The van der Waals surface area contributed by atoms with E-state index in [-0.39, 0.29) is 6.10 Å². The first kappa shape index (κ1) is 47.9. The summed E-state index contributed by atoms with van der Waals surface area (Å²) < 4.78 is 5.07. The Kier molecular flexibility index (Phi) is 48.3. The molecule has 1 aliphatic rings. The predicted octanol–water partition coefficient (Wildman–Crippen LogP) is 11.1. The number of aliphatic hydroxyl groups is 2. The highest BCUT2D eigenvalue weighted by Crippen LogP contribution is 2.19. The number of hydrogen-bond acceptors (Lipinski definition) is 4. The van der Waals surface area contributed by atoms with E-state index in [0.717, 1.165) is 57.8 Å². The summed E-state index contributed by atoms with van der Waals surface area (Å²) in [5.74, 6) is 0.326. The fraction of sp³-hybridized carbons (Fsp3) is 0.475. The molecule has 44 heavy (non-hydrogen) atoms. The molecule has 3 atom stereocenters. The van der Waals surface area contributed by atoms with E-state index < -0.39 is 6.29 Å². The van der Waals surface area contributed by atoms with Gasteiger partial charge in [-0.05, 0) is 51.4 Å². The van der Waals surface area contributed by atoms with Gasteiger partial charge >= 0.3 is 0 Å². The number of rotatable bonds is 17. The Hall–Kier alpha value is -3.05. The lowest BCUT2D eigenvalue weighted by Gasteiger charge is -2.04. The molecule has 250 valence electrons. The minimum Gasteiger partial charge on any atom is -0.393 e. The zero-order valence-electron chi connectivity index (χ0n) is 28.8. The van der Waals surface area contributed by atoms with E-state index in [1.807, 2.05) is 68.5 Å². The Morgan fingerprint density at radius 3 is 1.55 bits per heavy atom. The van der Waals surface area contributed by atoms with Gasteiger partial charge in [-0.15, -0.1) is 0 Å². The summed E-state index contributed by atoms with van der Waals surface area (Å²) in [7, 11) is 0. The number of hydrogen-bond donors (Lipinski definition) is 2. The standard InChI is InChI=1S/C11H18O.C11H16O.C6H12O2.2C6H10/c2*1-3-5-6-7-8-9-10-11(12)4-2;1-2-5-3-4-6(7)8-5;2*1-3-5-6-4-2/h3,5-8,11-12H,1,4,9-10H2,2H3;3,5-8H,1,4,9-10H2,2H3;5-7H,2-4H2,1H3;2*3,5-6H,1,4H2,2H3/b2*6-5+,8-7?;;2*6-5+. The first-order chi connectivity index (χ1) is 21.3. The van der Waals surface area contributed by atoms with Crippen LogP contribution in [0.15, 0.2) is 124 Å². The summed E-state index contributed by atoms with van der Waals surface area (Å²) in [5.41, 5.74) is 0. The molecule has 0 aromatic carbocycles. The summed E-state index contributed by atoms with van der Waals surface area (Å²) in [5, 5.41) is 18.0. The lowest BCUT2D eigenvalue weighted by Crippen LogP contribution is -2.07.